The van der Waals surface area contributed by atoms with Crippen molar-refractivity contribution >= 4 is 17.3 Å². The van der Waals surface area contributed by atoms with Crippen molar-refractivity contribution in [2.45, 2.75) is 45.4 Å². The predicted octanol–water partition coefficient (Wildman–Crippen LogP) is 2.94. The first kappa shape index (κ1) is 13.2. The van der Waals surface area contributed by atoms with Gasteiger partial charge in [0, 0.05) is 17.2 Å². The van der Waals surface area contributed by atoms with Gasteiger partial charge in [-0.3, -0.25) is 4.79 Å². The highest BCUT2D eigenvalue weighted by atomic mass is 32.1. The van der Waals surface area contributed by atoms with Crippen molar-refractivity contribution < 1.29 is 9.53 Å². The van der Waals surface area contributed by atoms with Crippen LogP contribution in [0.4, 0.5) is 0 Å². The van der Waals surface area contributed by atoms with E-state index < -0.39 is 0 Å². The molecule has 0 amide bonds. The van der Waals surface area contributed by atoms with Crippen LogP contribution in [0.3, 0.4) is 0 Å². The maximum atomic E-state index is 10.9. The fraction of sp³-hybridized carbons (Fsp3) is 0.667. The SMILES string of the molecule is COC(=O)CCCc1nc(C(C)(C)C)cs1. The van der Waals surface area contributed by atoms with Crippen LogP contribution in [0, 0.1) is 0 Å². The van der Waals surface area contributed by atoms with Gasteiger partial charge in [-0.25, -0.2) is 4.98 Å². The monoisotopic (exact) mass is 241 g/mol. The van der Waals surface area contributed by atoms with E-state index in [4.69, 9.17) is 0 Å². The van der Waals surface area contributed by atoms with Crippen molar-refractivity contribution in [2.24, 2.45) is 0 Å². The fourth-order valence-electron chi connectivity index (χ4n) is 1.26. The maximum Gasteiger partial charge on any atom is 0.305 e. The van der Waals surface area contributed by atoms with Crippen molar-refractivity contribution in [2.75, 3.05) is 7.11 Å². The summed E-state index contributed by atoms with van der Waals surface area (Å²) in [6, 6.07) is 0. The van der Waals surface area contributed by atoms with Crippen LogP contribution in [0.2, 0.25) is 0 Å². The van der Waals surface area contributed by atoms with Gasteiger partial charge in [0.2, 0.25) is 0 Å². The van der Waals surface area contributed by atoms with Gasteiger partial charge in [-0.15, -0.1) is 11.3 Å². The summed E-state index contributed by atoms with van der Waals surface area (Å²) in [5.74, 6) is -0.146. The minimum atomic E-state index is -0.146. The van der Waals surface area contributed by atoms with E-state index >= 15 is 0 Å². The molecule has 0 aliphatic rings. The smallest absolute Gasteiger partial charge is 0.305 e. The lowest BCUT2D eigenvalue weighted by Crippen LogP contribution is -2.11. The van der Waals surface area contributed by atoms with Crippen LogP contribution in [0.25, 0.3) is 0 Å². The van der Waals surface area contributed by atoms with Crippen LogP contribution >= 0.6 is 11.3 Å². The molecule has 0 aliphatic carbocycles. The van der Waals surface area contributed by atoms with Crippen molar-refractivity contribution in [1.82, 2.24) is 4.98 Å². The number of ether oxygens (including phenoxy) is 1. The summed E-state index contributed by atoms with van der Waals surface area (Å²) in [5.41, 5.74) is 1.24. The number of hydrogen-bond acceptors (Lipinski definition) is 4. The molecule has 0 saturated carbocycles. The number of esters is 1. The molecule has 0 bridgehead atoms. The van der Waals surface area contributed by atoms with Gasteiger partial charge in [-0.05, 0) is 12.8 Å². The van der Waals surface area contributed by atoms with Crippen LogP contribution in [-0.2, 0) is 21.4 Å². The molecule has 0 aromatic carbocycles. The quantitative estimate of drug-likeness (QED) is 0.761. The van der Waals surface area contributed by atoms with E-state index in [1.54, 1.807) is 11.3 Å². The van der Waals surface area contributed by atoms with E-state index in [1.807, 2.05) is 0 Å². The summed E-state index contributed by atoms with van der Waals surface area (Å²) in [6.07, 6.45) is 2.14. The van der Waals surface area contributed by atoms with Crippen LogP contribution in [0.15, 0.2) is 5.38 Å². The first-order valence-electron chi connectivity index (χ1n) is 5.45. The number of aromatic nitrogens is 1. The Bertz CT molecular complexity index is 352. The Hall–Kier alpha value is -0.900. The van der Waals surface area contributed by atoms with Gasteiger partial charge >= 0.3 is 5.97 Å². The third-order valence-corrected chi connectivity index (χ3v) is 3.23. The third kappa shape index (κ3) is 3.93. The van der Waals surface area contributed by atoms with Crippen LogP contribution in [0.1, 0.15) is 44.3 Å². The number of carbonyl (C=O) groups excluding carboxylic acids is 1. The summed E-state index contributed by atoms with van der Waals surface area (Å²) < 4.78 is 4.59. The maximum absolute atomic E-state index is 10.9. The van der Waals surface area contributed by atoms with E-state index in [-0.39, 0.29) is 11.4 Å². The molecule has 0 atom stereocenters. The Balaban J connectivity index is 2.44. The molecule has 16 heavy (non-hydrogen) atoms. The van der Waals surface area contributed by atoms with Gasteiger partial charge in [0.1, 0.15) is 0 Å². The predicted molar refractivity (Wildman–Crippen MR) is 65.8 cm³/mol. The minimum Gasteiger partial charge on any atom is -0.469 e. The summed E-state index contributed by atoms with van der Waals surface area (Å²) in [7, 11) is 1.42. The van der Waals surface area contributed by atoms with Crippen LogP contribution in [0.5, 0.6) is 0 Å². The molecule has 1 heterocycles. The number of methoxy groups -OCH3 is 1. The van der Waals surface area contributed by atoms with E-state index in [2.05, 4.69) is 35.9 Å². The molecule has 0 saturated heterocycles. The summed E-state index contributed by atoms with van der Waals surface area (Å²) >= 11 is 1.67. The molecular formula is C12H19NO2S. The van der Waals surface area contributed by atoms with Gasteiger partial charge in [-0.1, -0.05) is 20.8 Å². The van der Waals surface area contributed by atoms with E-state index in [0.717, 1.165) is 23.5 Å². The van der Waals surface area contributed by atoms with Gasteiger partial charge in [0.15, 0.2) is 0 Å². The Morgan fingerprint density at radius 3 is 2.69 bits per heavy atom. The Morgan fingerprint density at radius 1 is 1.50 bits per heavy atom. The lowest BCUT2D eigenvalue weighted by Gasteiger charge is -2.14. The number of rotatable bonds is 4. The molecule has 1 rings (SSSR count). The molecular weight excluding hydrogens is 222 g/mol. The van der Waals surface area contributed by atoms with E-state index in [9.17, 15) is 4.79 Å². The highest BCUT2D eigenvalue weighted by molar-refractivity contribution is 7.09. The Kier molecular flexibility index (Phi) is 4.47. The second-order valence-electron chi connectivity index (χ2n) is 4.81. The zero-order valence-electron chi connectivity index (χ0n) is 10.4. The number of nitrogens with zero attached hydrogens (tertiary/aromatic N) is 1. The fourth-order valence-corrected chi connectivity index (χ4v) is 2.32. The minimum absolute atomic E-state index is 0.108. The molecule has 0 N–H and O–H groups in total. The summed E-state index contributed by atoms with van der Waals surface area (Å²) in [5, 5.41) is 3.21. The van der Waals surface area contributed by atoms with Gasteiger partial charge in [0.05, 0.1) is 17.8 Å². The highest BCUT2D eigenvalue weighted by Crippen LogP contribution is 2.24. The zero-order chi connectivity index (χ0) is 12.2. The number of hydrogen-bond donors (Lipinski definition) is 0. The van der Waals surface area contributed by atoms with E-state index in [0.29, 0.717) is 6.42 Å². The van der Waals surface area contributed by atoms with Gasteiger partial charge in [0.25, 0.3) is 0 Å². The first-order chi connectivity index (χ1) is 7.43. The molecule has 0 unspecified atom stereocenters. The molecule has 4 heteroatoms. The molecule has 0 spiro atoms. The van der Waals surface area contributed by atoms with Gasteiger partial charge in [-0.2, -0.15) is 0 Å². The molecule has 0 aliphatic heterocycles. The highest BCUT2D eigenvalue weighted by Gasteiger charge is 2.17. The van der Waals surface area contributed by atoms with Crippen molar-refractivity contribution in [3.63, 3.8) is 0 Å². The number of aryl methyl sites for hydroxylation is 1. The largest absolute Gasteiger partial charge is 0.469 e. The molecule has 1 aromatic rings. The molecule has 0 radical (unpaired) electrons. The van der Waals surface area contributed by atoms with Crippen LogP contribution < -0.4 is 0 Å². The number of carbonyl (C=O) groups is 1. The second kappa shape index (κ2) is 5.43. The molecule has 90 valence electrons. The second-order valence-corrected chi connectivity index (χ2v) is 5.75. The third-order valence-electron chi connectivity index (χ3n) is 2.32. The molecule has 3 nitrogen and oxygen atoms in total. The van der Waals surface area contributed by atoms with E-state index in [1.165, 1.54) is 7.11 Å². The zero-order valence-corrected chi connectivity index (χ0v) is 11.2. The topological polar surface area (TPSA) is 39.2 Å². The van der Waals surface area contributed by atoms with Gasteiger partial charge < -0.3 is 4.74 Å². The summed E-state index contributed by atoms with van der Waals surface area (Å²) in [4.78, 5) is 15.5. The first-order valence-corrected chi connectivity index (χ1v) is 6.33. The van der Waals surface area contributed by atoms with Crippen molar-refractivity contribution in [1.29, 1.82) is 0 Å². The normalized spacial score (nSPS) is 11.5. The molecule has 0 fully saturated rings. The molecule has 1 aromatic heterocycles. The lowest BCUT2D eigenvalue weighted by atomic mass is 9.93. The Morgan fingerprint density at radius 2 is 2.19 bits per heavy atom. The van der Waals surface area contributed by atoms with Crippen molar-refractivity contribution in [3.05, 3.63) is 16.1 Å². The van der Waals surface area contributed by atoms with Crippen molar-refractivity contribution in [3.8, 4) is 0 Å². The average molecular weight is 241 g/mol. The number of thiazole rings is 1. The summed E-state index contributed by atoms with van der Waals surface area (Å²) in [6.45, 7) is 6.46. The lowest BCUT2D eigenvalue weighted by molar-refractivity contribution is -0.140. The standard InChI is InChI=1S/C12H19NO2S/c1-12(2,3)9-8-16-10(13-9)6-5-7-11(14)15-4/h8H,5-7H2,1-4H3. The Labute approximate surface area is 101 Å². The van der Waals surface area contributed by atoms with Crippen LogP contribution in [-0.4, -0.2) is 18.1 Å². The average Bonchev–Trinajstić information content (AvgIpc) is 2.65.